The average Bonchev–Trinajstić information content (AvgIpc) is 2.38. The highest BCUT2D eigenvalue weighted by molar-refractivity contribution is 7.96. The standard InChI is InChI=1S/C11H12FNO2S/c1-11(2,13)10-5-7-3-4-8(12)6-9(7)16(10,14)15/h3-6H,13H2,1-2H3. The summed E-state index contributed by atoms with van der Waals surface area (Å²) in [5.74, 6) is -0.563. The Kier molecular flexibility index (Phi) is 2.22. The lowest BCUT2D eigenvalue weighted by Crippen LogP contribution is -2.36. The molecule has 5 heteroatoms. The van der Waals surface area contributed by atoms with E-state index in [9.17, 15) is 12.8 Å². The van der Waals surface area contributed by atoms with Crippen LogP contribution in [-0.2, 0) is 9.84 Å². The van der Waals surface area contributed by atoms with Gasteiger partial charge in [-0.25, -0.2) is 12.8 Å². The molecule has 0 fully saturated rings. The summed E-state index contributed by atoms with van der Waals surface area (Å²) in [5.41, 5.74) is 5.32. The van der Waals surface area contributed by atoms with Gasteiger partial charge in [0.15, 0.2) is 0 Å². The number of benzene rings is 1. The normalized spacial score (nSPS) is 18.1. The molecule has 86 valence electrons. The maximum absolute atomic E-state index is 13.0. The Morgan fingerprint density at radius 1 is 1.31 bits per heavy atom. The molecule has 1 aliphatic rings. The zero-order valence-corrected chi connectivity index (χ0v) is 9.81. The highest BCUT2D eigenvalue weighted by Gasteiger charge is 2.37. The Bertz CT molecular complexity index is 582. The van der Waals surface area contributed by atoms with Crippen LogP contribution in [0.3, 0.4) is 0 Å². The Morgan fingerprint density at radius 2 is 1.94 bits per heavy atom. The van der Waals surface area contributed by atoms with Gasteiger partial charge >= 0.3 is 0 Å². The molecule has 0 unspecified atom stereocenters. The molecule has 0 radical (unpaired) electrons. The predicted octanol–water partition coefficient (Wildman–Crippen LogP) is 1.69. The fraction of sp³-hybridized carbons (Fsp3) is 0.273. The molecule has 0 saturated heterocycles. The number of hydrogen-bond acceptors (Lipinski definition) is 3. The Morgan fingerprint density at radius 3 is 2.50 bits per heavy atom. The number of hydrogen-bond donors (Lipinski definition) is 1. The zero-order valence-electron chi connectivity index (χ0n) is 8.99. The molecule has 0 aromatic heterocycles. The summed E-state index contributed by atoms with van der Waals surface area (Å²) in [5, 5.41) is 0. The van der Waals surface area contributed by atoms with E-state index in [0.29, 0.717) is 5.56 Å². The predicted molar refractivity (Wildman–Crippen MR) is 59.8 cm³/mol. The maximum Gasteiger partial charge on any atom is 0.205 e. The van der Waals surface area contributed by atoms with Crippen molar-refractivity contribution < 1.29 is 12.8 Å². The van der Waals surface area contributed by atoms with Crippen molar-refractivity contribution in [3.63, 3.8) is 0 Å². The third-order valence-electron chi connectivity index (χ3n) is 2.48. The molecule has 0 spiro atoms. The van der Waals surface area contributed by atoms with Gasteiger partial charge in [0, 0.05) is 5.54 Å². The zero-order chi connectivity index (χ0) is 12.1. The molecule has 2 rings (SSSR count). The lowest BCUT2D eigenvalue weighted by Gasteiger charge is -2.19. The van der Waals surface area contributed by atoms with Crippen molar-refractivity contribution in [3.8, 4) is 0 Å². The first-order chi connectivity index (χ1) is 7.23. The molecule has 3 nitrogen and oxygen atoms in total. The molecule has 0 atom stereocenters. The summed E-state index contributed by atoms with van der Waals surface area (Å²) in [6.07, 6.45) is 1.50. The SMILES string of the molecule is CC(C)(N)C1=Cc2ccc(F)cc2S1(=O)=O. The first kappa shape index (κ1) is 11.3. The Balaban J connectivity index is 2.70. The lowest BCUT2D eigenvalue weighted by molar-refractivity contribution is 0.579. The van der Waals surface area contributed by atoms with Gasteiger partial charge in [0.2, 0.25) is 9.84 Å². The summed E-state index contributed by atoms with van der Waals surface area (Å²) >= 11 is 0. The monoisotopic (exact) mass is 241 g/mol. The minimum Gasteiger partial charge on any atom is -0.321 e. The van der Waals surface area contributed by atoms with E-state index in [1.165, 1.54) is 18.2 Å². The van der Waals surface area contributed by atoms with E-state index in [1.54, 1.807) is 13.8 Å². The molecule has 16 heavy (non-hydrogen) atoms. The summed E-state index contributed by atoms with van der Waals surface area (Å²) < 4.78 is 37.1. The molecular formula is C11H12FNO2S. The minimum absolute atomic E-state index is 0.000949. The van der Waals surface area contributed by atoms with E-state index in [-0.39, 0.29) is 9.80 Å². The van der Waals surface area contributed by atoms with Gasteiger partial charge in [0.25, 0.3) is 0 Å². The average molecular weight is 241 g/mol. The van der Waals surface area contributed by atoms with Crippen molar-refractivity contribution in [2.45, 2.75) is 24.3 Å². The van der Waals surface area contributed by atoms with Crippen molar-refractivity contribution in [3.05, 3.63) is 34.5 Å². The first-order valence-corrected chi connectivity index (χ1v) is 6.27. The number of sulfone groups is 1. The topological polar surface area (TPSA) is 60.2 Å². The molecule has 0 saturated carbocycles. The molecule has 1 aromatic carbocycles. The van der Waals surface area contributed by atoms with E-state index in [0.717, 1.165) is 6.07 Å². The van der Waals surface area contributed by atoms with Gasteiger partial charge in [0.05, 0.1) is 9.80 Å². The van der Waals surface area contributed by atoms with Gasteiger partial charge in [-0.1, -0.05) is 6.07 Å². The van der Waals surface area contributed by atoms with Crippen LogP contribution in [0, 0.1) is 5.82 Å². The van der Waals surface area contributed by atoms with Crippen LogP contribution < -0.4 is 5.73 Å². The Labute approximate surface area is 93.7 Å². The molecular weight excluding hydrogens is 229 g/mol. The van der Waals surface area contributed by atoms with Crippen LogP contribution >= 0.6 is 0 Å². The van der Waals surface area contributed by atoms with Crippen LogP contribution in [-0.4, -0.2) is 14.0 Å². The fourth-order valence-electron chi connectivity index (χ4n) is 1.73. The number of fused-ring (bicyclic) bond motifs is 1. The molecule has 0 bridgehead atoms. The van der Waals surface area contributed by atoms with E-state index in [4.69, 9.17) is 5.73 Å². The van der Waals surface area contributed by atoms with E-state index >= 15 is 0 Å². The van der Waals surface area contributed by atoms with Crippen molar-refractivity contribution in [1.82, 2.24) is 0 Å². The summed E-state index contributed by atoms with van der Waals surface area (Å²) in [4.78, 5) is 0.127. The maximum atomic E-state index is 13.0. The molecule has 1 heterocycles. The molecule has 0 aliphatic carbocycles. The summed E-state index contributed by atoms with van der Waals surface area (Å²) in [6, 6.07) is 3.71. The van der Waals surface area contributed by atoms with Gasteiger partial charge in [-0.15, -0.1) is 0 Å². The fourth-order valence-corrected chi connectivity index (χ4v) is 3.65. The van der Waals surface area contributed by atoms with E-state index < -0.39 is 21.2 Å². The van der Waals surface area contributed by atoms with Gasteiger partial charge in [-0.3, -0.25) is 0 Å². The van der Waals surface area contributed by atoms with Crippen LogP contribution in [0.4, 0.5) is 4.39 Å². The lowest BCUT2D eigenvalue weighted by atomic mass is 10.0. The molecule has 2 N–H and O–H groups in total. The van der Waals surface area contributed by atoms with Crippen molar-refractivity contribution >= 4 is 15.9 Å². The molecule has 1 aromatic rings. The van der Waals surface area contributed by atoms with Crippen molar-refractivity contribution in [2.24, 2.45) is 5.73 Å². The van der Waals surface area contributed by atoms with Crippen LogP contribution in [0.25, 0.3) is 6.08 Å². The van der Waals surface area contributed by atoms with E-state index in [1.807, 2.05) is 0 Å². The quantitative estimate of drug-likeness (QED) is 0.814. The number of rotatable bonds is 1. The van der Waals surface area contributed by atoms with Crippen molar-refractivity contribution in [2.75, 3.05) is 0 Å². The largest absolute Gasteiger partial charge is 0.321 e. The highest BCUT2D eigenvalue weighted by Crippen LogP contribution is 2.37. The second-order valence-corrected chi connectivity index (χ2v) is 6.30. The van der Waals surface area contributed by atoms with Crippen molar-refractivity contribution in [1.29, 1.82) is 0 Å². The smallest absolute Gasteiger partial charge is 0.205 e. The minimum atomic E-state index is -3.63. The summed E-state index contributed by atoms with van der Waals surface area (Å²) in [6.45, 7) is 3.22. The third-order valence-corrected chi connectivity index (χ3v) is 4.63. The summed E-state index contributed by atoms with van der Waals surface area (Å²) in [7, 11) is -3.63. The van der Waals surface area contributed by atoms with Crippen LogP contribution in [0.1, 0.15) is 19.4 Å². The van der Waals surface area contributed by atoms with Gasteiger partial charge in [0.1, 0.15) is 5.82 Å². The first-order valence-electron chi connectivity index (χ1n) is 4.78. The van der Waals surface area contributed by atoms with Crippen LogP contribution in [0.5, 0.6) is 0 Å². The van der Waals surface area contributed by atoms with Gasteiger partial charge in [-0.05, 0) is 37.6 Å². The van der Waals surface area contributed by atoms with Gasteiger partial charge < -0.3 is 5.73 Å². The van der Waals surface area contributed by atoms with Crippen LogP contribution in [0.15, 0.2) is 28.0 Å². The Hall–Kier alpha value is -1.20. The number of halogens is 1. The van der Waals surface area contributed by atoms with Crippen LogP contribution in [0.2, 0.25) is 0 Å². The number of nitrogens with two attached hydrogens (primary N) is 1. The molecule has 0 amide bonds. The third kappa shape index (κ3) is 1.56. The van der Waals surface area contributed by atoms with E-state index in [2.05, 4.69) is 0 Å². The van der Waals surface area contributed by atoms with Gasteiger partial charge in [-0.2, -0.15) is 0 Å². The second-order valence-electron chi connectivity index (χ2n) is 4.42. The highest BCUT2D eigenvalue weighted by atomic mass is 32.2. The second kappa shape index (κ2) is 3.15. The molecule has 1 aliphatic heterocycles.